The van der Waals surface area contributed by atoms with Crippen molar-refractivity contribution in [3.63, 3.8) is 0 Å². The third kappa shape index (κ3) is 4.70. The molecule has 2 aliphatic rings. The summed E-state index contributed by atoms with van der Waals surface area (Å²) >= 11 is 0. The average Bonchev–Trinajstić information content (AvgIpc) is 2.89. The van der Waals surface area contributed by atoms with E-state index >= 15 is 4.39 Å². The molecule has 2 aliphatic heterocycles. The van der Waals surface area contributed by atoms with Crippen LogP contribution >= 0.6 is 0 Å². The Kier molecular flexibility index (Phi) is 7.68. The second kappa shape index (κ2) is 10.6. The van der Waals surface area contributed by atoms with Crippen LogP contribution in [0.15, 0.2) is 46.8 Å². The fraction of sp³-hybridized carbons (Fsp3) is 0.370. The monoisotopic (exact) mass is 544 g/mol. The van der Waals surface area contributed by atoms with E-state index in [-0.39, 0.29) is 46.0 Å². The van der Waals surface area contributed by atoms with E-state index in [4.69, 9.17) is 0 Å². The van der Waals surface area contributed by atoms with E-state index in [0.29, 0.717) is 55.5 Å². The van der Waals surface area contributed by atoms with Crippen LogP contribution in [0.2, 0.25) is 0 Å². The van der Waals surface area contributed by atoms with Crippen LogP contribution in [0.1, 0.15) is 25.0 Å². The second-order valence-electron chi connectivity index (χ2n) is 9.31. The third-order valence-corrected chi connectivity index (χ3v) is 8.82. The molecule has 4 rings (SSSR count). The highest BCUT2D eigenvalue weighted by Gasteiger charge is 2.38. The minimum absolute atomic E-state index is 0.0534. The smallest absolute Gasteiger partial charge is 0.246 e. The summed E-state index contributed by atoms with van der Waals surface area (Å²) in [7, 11) is -2.37. The molecule has 0 aromatic heterocycles. The molecule has 0 N–H and O–H groups in total. The minimum atomic E-state index is -3.95. The molecule has 1 unspecified atom stereocenters. The van der Waals surface area contributed by atoms with Gasteiger partial charge in [-0.15, -0.1) is 0 Å². The van der Waals surface area contributed by atoms with Crippen molar-refractivity contribution in [1.29, 1.82) is 0 Å². The number of anilines is 1. The second-order valence-corrected chi connectivity index (χ2v) is 11.4. The van der Waals surface area contributed by atoms with Crippen LogP contribution < -0.4 is 4.90 Å². The number of hydrogen-bond acceptors (Lipinski definition) is 5. The lowest BCUT2D eigenvalue weighted by Gasteiger charge is -2.42. The van der Waals surface area contributed by atoms with Crippen molar-refractivity contribution >= 4 is 33.7 Å². The summed E-state index contributed by atoms with van der Waals surface area (Å²) in [6, 6.07) is 4.58. The van der Waals surface area contributed by atoms with Gasteiger partial charge in [-0.2, -0.15) is 0 Å². The van der Waals surface area contributed by atoms with Crippen molar-refractivity contribution in [2.45, 2.75) is 31.2 Å². The molecule has 2 amide bonds. The van der Waals surface area contributed by atoms with Gasteiger partial charge in [0.2, 0.25) is 12.3 Å². The van der Waals surface area contributed by atoms with Gasteiger partial charge in [-0.05, 0) is 43.2 Å². The van der Waals surface area contributed by atoms with Crippen LogP contribution in [0.5, 0.6) is 0 Å². The number of carbonyl (C=O) groups is 2. The molecule has 1 atom stereocenters. The zero-order valence-electron chi connectivity index (χ0n) is 21.6. The van der Waals surface area contributed by atoms with Crippen molar-refractivity contribution in [1.82, 2.24) is 9.80 Å². The number of fused-ring (bicyclic) bond motifs is 1. The zero-order chi connectivity index (χ0) is 27.8. The van der Waals surface area contributed by atoms with Gasteiger partial charge in [0.25, 0.3) is 0 Å². The van der Waals surface area contributed by atoms with Gasteiger partial charge >= 0.3 is 0 Å². The zero-order valence-corrected chi connectivity index (χ0v) is 22.4. The van der Waals surface area contributed by atoms with Crippen molar-refractivity contribution in [3.8, 4) is 11.1 Å². The number of rotatable bonds is 5. The molecule has 202 valence electrons. The summed E-state index contributed by atoms with van der Waals surface area (Å²) < 4.78 is 56.0. The standard InChI is InChI=1S/C27H30F2N4O4S/c1-5-18-13-21(27(30-4)33-10-9-31(15-17(33)3)23(35)6-2)25-26(38(36,37)12-11-32(25)16-34)24(18)20-8-7-19(28)14-22(20)29/h6-8,13-14,16-17H,2,5,9-12,15H2,1,3-4H3. The molecule has 2 aromatic carbocycles. The molecule has 1 saturated heterocycles. The molecular weight excluding hydrogens is 514 g/mol. The Hall–Kier alpha value is -3.60. The predicted molar refractivity (Wildman–Crippen MR) is 142 cm³/mol. The lowest BCUT2D eigenvalue weighted by Crippen LogP contribution is -2.55. The summed E-state index contributed by atoms with van der Waals surface area (Å²) in [4.78, 5) is 33.7. The number of nitrogens with zero attached hydrogens (tertiary/aromatic N) is 4. The van der Waals surface area contributed by atoms with E-state index in [1.54, 1.807) is 18.0 Å². The number of amidine groups is 1. The number of carbonyl (C=O) groups excluding carboxylic acids is 2. The maximum absolute atomic E-state index is 15.1. The molecule has 8 nitrogen and oxygen atoms in total. The van der Waals surface area contributed by atoms with Crippen molar-refractivity contribution in [2.24, 2.45) is 4.99 Å². The van der Waals surface area contributed by atoms with Gasteiger partial charge < -0.3 is 14.7 Å². The molecular formula is C27H30F2N4O4S. The van der Waals surface area contributed by atoms with Crippen LogP contribution in [-0.2, 0) is 25.8 Å². The molecule has 0 spiro atoms. The number of amides is 2. The van der Waals surface area contributed by atoms with Gasteiger partial charge in [-0.1, -0.05) is 13.5 Å². The molecule has 38 heavy (non-hydrogen) atoms. The number of sulfone groups is 1. The van der Waals surface area contributed by atoms with E-state index in [1.165, 1.54) is 17.0 Å². The minimum Gasteiger partial charge on any atom is -0.350 e. The van der Waals surface area contributed by atoms with E-state index in [9.17, 15) is 22.4 Å². The number of halogens is 2. The summed E-state index contributed by atoms with van der Waals surface area (Å²) in [5, 5.41) is 0. The fourth-order valence-corrected chi connectivity index (χ4v) is 6.98. The first-order valence-electron chi connectivity index (χ1n) is 12.3. The van der Waals surface area contributed by atoms with Crippen LogP contribution in [0.4, 0.5) is 14.5 Å². The van der Waals surface area contributed by atoms with Crippen LogP contribution in [0.25, 0.3) is 11.1 Å². The van der Waals surface area contributed by atoms with E-state index < -0.39 is 21.5 Å². The normalized spacial score (nSPS) is 19.2. The topological polar surface area (TPSA) is 90.4 Å². The Morgan fingerprint density at radius 2 is 1.95 bits per heavy atom. The summed E-state index contributed by atoms with van der Waals surface area (Å²) in [6.45, 7) is 8.45. The first-order chi connectivity index (χ1) is 18.1. The quantitative estimate of drug-likeness (QED) is 0.250. The molecule has 11 heteroatoms. The van der Waals surface area contributed by atoms with Gasteiger partial charge in [0.15, 0.2) is 9.84 Å². The van der Waals surface area contributed by atoms with Crippen LogP contribution in [0, 0.1) is 11.6 Å². The highest BCUT2D eigenvalue weighted by atomic mass is 32.2. The van der Waals surface area contributed by atoms with Gasteiger partial charge in [0.1, 0.15) is 17.5 Å². The highest BCUT2D eigenvalue weighted by molar-refractivity contribution is 7.91. The Bertz CT molecular complexity index is 1440. The number of benzene rings is 2. The largest absolute Gasteiger partial charge is 0.350 e. The van der Waals surface area contributed by atoms with E-state index in [0.717, 1.165) is 6.07 Å². The van der Waals surface area contributed by atoms with Crippen molar-refractivity contribution in [2.75, 3.05) is 43.9 Å². The maximum Gasteiger partial charge on any atom is 0.246 e. The number of aryl methyl sites for hydroxylation is 1. The molecule has 0 radical (unpaired) electrons. The van der Waals surface area contributed by atoms with E-state index in [1.807, 2.05) is 18.7 Å². The van der Waals surface area contributed by atoms with Gasteiger partial charge in [-0.25, -0.2) is 17.2 Å². The van der Waals surface area contributed by atoms with Gasteiger partial charge in [0.05, 0.1) is 16.3 Å². The Labute approximate surface area is 221 Å². The summed E-state index contributed by atoms with van der Waals surface area (Å²) in [5.74, 6) is -1.73. The summed E-state index contributed by atoms with van der Waals surface area (Å²) in [5.41, 5.74) is 1.15. The fourth-order valence-electron chi connectivity index (χ4n) is 5.27. The third-order valence-electron chi connectivity index (χ3n) is 7.08. The lowest BCUT2D eigenvalue weighted by molar-refractivity contribution is -0.128. The molecule has 2 heterocycles. The SMILES string of the molecule is C=CC(=O)N1CCN(C(=NC)c2cc(CC)c(-c3ccc(F)cc3F)c3c2N(C=O)CCS3(=O)=O)C(C)C1. The lowest BCUT2D eigenvalue weighted by atomic mass is 9.92. The van der Waals surface area contributed by atoms with Crippen molar-refractivity contribution in [3.05, 3.63) is 59.7 Å². The van der Waals surface area contributed by atoms with Crippen LogP contribution in [-0.4, -0.2) is 81.4 Å². The van der Waals surface area contributed by atoms with E-state index in [2.05, 4.69) is 11.6 Å². The first kappa shape index (κ1) is 27.4. The molecule has 0 saturated carbocycles. The number of hydrogen-bond donors (Lipinski definition) is 0. The van der Waals surface area contributed by atoms with Gasteiger partial charge in [-0.3, -0.25) is 14.6 Å². The number of aliphatic imine (C=N–C) groups is 1. The summed E-state index contributed by atoms with van der Waals surface area (Å²) in [6.07, 6.45) is 2.17. The van der Waals surface area contributed by atoms with Gasteiger partial charge in [0, 0.05) is 62.0 Å². The number of piperazine rings is 1. The Morgan fingerprint density at radius 1 is 1.21 bits per heavy atom. The van der Waals surface area contributed by atoms with Crippen LogP contribution in [0.3, 0.4) is 0 Å². The average molecular weight is 545 g/mol. The Morgan fingerprint density at radius 3 is 2.53 bits per heavy atom. The molecule has 0 bridgehead atoms. The van der Waals surface area contributed by atoms with Crippen molar-refractivity contribution < 1.29 is 26.8 Å². The highest BCUT2D eigenvalue weighted by Crippen LogP contribution is 2.44. The maximum atomic E-state index is 15.1. The Balaban J connectivity index is 1.99. The molecule has 2 aromatic rings. The molecule has 1 fully saturated rings. The first-order valence-corrected chi connectivity index (χ1v) is 14.0. The predicted octanol–water partition coefficient (Wildman–Crippen LogP) is 3.04. The molecule has 0 aliphatic carbocycles.